The van der Waals surface area contributed by atoms with Crippen LogP contribution in [0.15, 0.2) is 205 Å². The van der Waals surface area contributed by atoms with Crippen molar-refractivity contribution in [2.75, 3.05) is 0 Å². The summed E-state index contributed by atoms with van der Waals surface area (Å²) in [4.78, 5) is 0. The van der Waals surface area contributed by atoms with Gasteiger partial charge in [0.05, 0.1) is 16.7 Å². The molecule has 294 valence electrons. The van der Waals surface area contributed by atoms with Gasteiger partial charge < -0.3 is 8.98 Å². The second kappa shape index (κ2) is 12.6. The maximum Gasteiger partial charge on any atom is 0.143 e. The Labute approximate surface area is 364 Å². The van der Waals surface area contributed by atoms with Crippen LogP contribution in [0.25, 0.3) is 126 Å². The summed E-state index contributed by atoms with van der Waals surface area (Å²) < 4.78 is 9.22. The van der Waals surface area contributed by atoms with Gasteiger partial charge in [0.1, 0.15) is 11.2 Å². The average molecular weight is 802 g/mol. The number of furan rings is 1. The molecule has 2 heterocycles. The lowest BCUT2D eigenvalue weighted by molar-refractivity contribution is 0.666. The molecule has 2 heteroatoms. The largest absolute Gasteiger partial charge is 0.455 e. The molecule has 1 aliphatic rings. The third-order valence-corrected chi connectivity index (χ3v) is 14.3. The zero-order valence-corrected chi connectivity index (χ0v) is 34.9. The number of hydrogen-bond donors (Lipinski definition) is 0. The number of aromatic nitrogens is 1. The SMILES string of the molecule is CC1(C)c2ccccc2-c2cc3ccc4cccc5c(-n6c7ccccc7c7cc(-c8ccc9oc%10c(-c%11cccc(-c%12ccccc%12)c%11)cccc%10c9c8)ccc76)cc(c21)c3c45. The van der Waals surface area contributed by atoms with Crippen LogP contribution in [0.1, 0.15) is 25.0 Å². The van der Waals surface area contributed by atoms with Gasteiger partial charge in [-0.05, 0) is 126 Å². The van der Waals surface area contributed by atoms with Crippen molar-refractivity contribution in [1.82, 2.24) is 4.57 Å². The van der Waals surface area contributed by atoms with Gasteiger partial charge in [0.25, 0.3) is 0 Å². The Hall–Kier alpha value is -7.94. The van der Waals surface area contributed by atoms with Crippen molar-refractivity contribution in [2.24, 2.45) is 0 Å². The van der Waals surface area contributed by atoms with E-state index in [2.05, 4.69) is 219 Å². The Morgan fingerprint density at radius 2 is 1.03 bits per heavy atom. The lowest BCUT2D eigenvalue weighted by Gasteiger charge is -2.25. The van der Waals surface area contributed by atoms with Gasteiger partial charge in [0.2, 0.25) is 0 Å². The predicted octanol–water partition coefficient (Wildman–Crippen LogP) is 16.9. The van der Waals surface area contributed by atoms with Gasteiger partial charge in [-0.15, -0.1) is 0 Å². The van der Waals surface area contributed by atoms with Crippen molar-refractivity contribution in [1.29, 1.82) is 0 Å². The number of para-hydroxylation sites is 2. The van der Waals surface area contributed by atoms with Crippen LogP contribution >= 0.6 is 0 Å². The van der Waals surface area contributed by atoms with Crippen LogP contribution in [-0.4, -0.2) is 4.57 Å². The van der Waals surface area contributed by atoms with Gasteiger partial charge >= 0.3 is 0 Å². The van der Waals surface area contributed by atoms with E-state index in [4.69, 9.17) is 4.42 Å². The predicted molar refractivity (Wildman–Crippen MR) is 266 cm³/mol. The first-order valence-corrected chi connectivity index (χ1v) is 22.0. The molecule has 0 unspecified atom stereocenters. The zero-order chi connectivity index (χ0) is 41.6. The number of nitrogens with zero attached hydrogens (tertiary/aromatic N) is 1. The Morgan fingerprint density at radius 1 is 0.381 bits per heavy atom. The third-order valence-electron chi connectivity index (χ3n) is 14.3. The van der Waals surface area contributed by atoms with Gasteiger partial charge in [-0.3, -0.25) is 0 Å². The Balaban J connectivity index is 0.958. The van der Waals surface area contributed by atoms with Crippen LogP contribution in [0.2, 0.25) is 0 Å². The second-order valence-electron chi connectivity index (χ2n) is 18.0. The molecule has 11 aromatic carbocycles. The standard InChI is InChI=1S/C61H39NO/c1-61(2)52-23-8-6-18-44(52)50-34-42-26-25-37-15-11-22-47-55(35-51(59(50)61)58(42)57(37)47)62-53-24-9-7-19-45(53)48-32-39(27-29-54(48)62)40-28-30-56-49(33-40)46-21-12-20-43(60(46)63-56)41-17-10-16-38(31-41)36-13-4-3-5-14-36/h3-35H,1-2H3. The molecular weight excluding hydrogens is 763 g/mol. The number of benzene rings is 11. The lowest BCUT2D eigenvalue weighted by Crippen LogP contribution is -2.15. The minimum absolute atomic E-state index is 0.141. The molecule has 2 nitrogen and oxygen atoms in total. The molecule has 0 amide bonds. The first-order valence-electron chi connectivity index (χ1n) is 22.0. The van der Waals surface area contributed by atoms with E-state index in [1.54, 1.807) is 0 Å². The van der Waals surface area contributed by atoms with E-state index in [0.29, 0.717) is 0 Å². The van der Waals surface area contributed by atoms with Crippen molar-refractivity contribution in [3.8, 4) is 50.2 Å². The first-order chi connectivity index (χ1) is 31.0. The molecule has 0 saturated carbocycles. The minimum Gasteiger partial charge on any atom is -0.455 e. The topological polar surface area (TPSA) is 18.1 Å². The molecule has 0 fully saturated rings. The number of rotatable bonds is 4. The molecular formula is C61H39NO. The monoisotopic (exact) mass is 801 g/mol. The summed E-state index contributed by atoms with van der Waals surface area (Å²) in [6, 6.07) is 73.9. The Bertz CT molecular complexity index is 4050. The van der Waals surface area contributed by atoms with E-state index in [-0.39, 0.29) is 5.41 Å². The van der Waals surface area contributed by atoms with Crippen LogP contribution in [0.5, 0.6) is 0 Å². The molecule has 0 spiro atoms. The van der Waals surface area contributed by atoms with E-state index < -0.39 is 0 Å². The molecule has 63 heavy (non-hydrogen) atoms. The molecule has 13 aromatic rings. The number of hydrogen-bond acceptors (Lipinski definition) is 1. The molecule has 0 bridgehead atoms. The minimum atomic E-state index is -0.141. The van der Waals surface area contributed by atoms with Crippen molar-refractivity contribution >= 4 is 76.1 Å². The van der Waals surface area contributed by atoms with Crippen LogP contribution in [0.4, 0.5) is 0 Å². The lowest BCUT2D eigenvalue weighted by atomic mass is 9.78. The molecule has 0 atom stereocenters. The summed E-state index contributed by atoms with van der Waals surface area (Å²) in [6.45, 7) is 4.81. The molecule has 0 N–H and O–H groups in total. The summed E-state index contributed by atoms with van der Waals surface area (Å²) >= 11 is 0. The quantitative estimate of drug-likeness (QED) is 0.162. The maximum atomic E-state index is 6.69. The fourth-order valence-corrected chi connectivity index (χ4v) is 11.5. The van der Waals surface area contributed by atoms with Crippen molar-refractivity contribution in [2.45, 2.75) is 19.3 Å². The van der Waals surface area contributed by atoms with Crippen LogP contribution < -0.4 is 0 Å². The van der Waals surface area contributed by atoms with E-state index >= 15 is 0 Å². The van der Waals surface area contributed by atoms with Gasteiger partial charge in [-0.25, -0.2) is 0 Å². The van der Waals surface area contributed by atoms with Crippen LogP contribution in [0.3, 0.4) is 0 Å². The Kier molecular flexibility index (Phi) is 6.93. The third kappa shape index (κ3) is 4.78. The molecule has 0 radical (unpaired) electrons. The highest BCUT2D eigenvalue weighted by Gasteiger charge is 2.38. The summed E-state index contributed by atoms with van der Waals surface area (Å²) in [5, 5.41) is 12.6. The van der Waals surface area contributed by atoms with Crippen LogP contribution in [0, 0.1) is 0 Å². The summed E-state index contributed by atoms with van der Waals surface area (Å²) in [5.41, 5.74) is 17.8. The van der Waals surface area contributed by atoms with E-state index in [1.807, 2.05) is 0 Å². The zero-order valence-electron chi connectivity index (χ0n) is 34.9. The maximum absolute atomic E-state index is 6.69. The highest BCUT2D eigenvalue weighted by atomic mass is 16.3. The van der Waals surface area contributed by atoms with E-state index in [9.17, 15) is 0 Å². The van der Waals surface area contributed by atoms with Crippen LogP contribution in [-0.2, 0) is 5.41 Å². The van der Waals surface area contributed by atoms with E-state index in [1.165, 1.54) is 104 Å². The summed E-state index contributed by atoms with van der Waals surface area (Å²) in [5.74, 6) is 0. The van der Waals surface area contributed by atoms with Crippen molar-refractivity contribution < 1.29 is 4.42 Å². The van der Waals surface area contributed by atoms with Gasteiger partial charge in [0, 0.05) is 37.9 Å². The number of fused-ring (bicyclic) bond motifs is 10. The van der Waals surface area contributed by atoms with Gasteiger partial charge in [-0.1, -0.05) is 166 Å². The van der Waals surface area contributed by atoms with Gasteiger partial charge in [-0.2, -0.15) is 0 Å². The average Bonchev–Trinajstić information content (AvgIpc) is 3.95. The van der Waals surface area contributed by atoms with Gasteiger partial charge in [0.15, 0.2) is 0 Å². The molecule has 0 saturated heterocycles. The molecule has 0 aliphatic heterocycles. The highest BCUT2D eigenvalue weighted by Crippen LogP contribution is 2.54. The summed E-state index contributed by atoms with van der Waals surface area (Å²) in [7, 11) is 0. The summed E-state index contributed by atoms with van der Waals surface area (Å²) in [6.07, 6.45) is 0. The first kappa shape index (κ1) is 34.7. The highest BCUT2D eigenvalue weighted by molar-refractivity contribution is 6.28. The second-order valence-corrected chi connectivity index (χ2v) is 18.0. The van der Waals surface area contributed by atoms with E-state index in [0.717, 1.165) is 33.1 Å². The molecule has 1 aliphatic carbocycles. The molecule has 2 aromatic heterocycles. The molecule has 14 rings (SSSR count). The smallest absolute Gasteiger partial charge is 0.143 e. The van der Waals surface area contributed by atoms with Crippen molar-refractivity contribution in [3.05, 3.63) is 211 Å². The fourth-order valence-electron chi connectivity index (χ4n) is 11.5. The fraction of sp³-hybridized carbons (Fsp3) is 0.0492. The van der Waals surface area contributed by atoms with Crippen molar-refractivity contribution in [3.63, 3.8) is 0 Å². The Morgan fingerprint density at radius 3 is 1.95 bits per heavy atom. The normalized spacial score (nSPS) is 13.4.